The van der Waals surface area contributed by atoms with Crippen LogP contribution in [0.1, 0.15) is 11.5 Å². The molecular weight excluding hydrogens is 376 g/mol. The largest absolute Gasteiger partial charge is 0.496 e. The molecule has 122 valence electrons. The molecule has 24 heavy (non-hydrogen) atoms. The molecule has 8 heteroatoms. The van der Waals surface area contributed by atoms with Crippen molar-refractivity contribution in [2.24, 2.45) is 21.6 Å². The lowest BCUT2D eigenvalue weighted by Gasteiger charge is -2.26. The molecule has 2 heterocycles. The van der Waals surface area contributed by atoms with Gasteiger partial charge in [-0.3, -0.25) is 0 Å². The average Bonchev–Trinajstić information content (AvgIpc) is 2.83. The van der Waals surface area contributed by atoms with Crippen LogP contribution in [0.25, 0.3) is 0 Å². The summed E-state index contributed by atoms with van der Waals surface area (Å²) in [5, 5.41) is 19.9. The summed E-state index contributed by atoms with van der Waals surface area (Å²) >= 11 is 3.43. The van der Waals surface area contributed by atoms with Crippen LogP contribution >= 0.6 is 15.9 Å². The Balaban J connectivity index is 1.97. The average molecular weight is 389 g/mol. The van der Waals surface area contributed by atoms with Gasteiger partial charge in [0.05, 0.1) is 32.5 Å². The Kier molecular flexibility index (Phi) is 3.02. The van der Waals surface area contributed by atoms with Crippen molar-refractivity contribution in [3.8, 4) is 17.9 Å². The molecule has 0 bridgehead atoms. The van der Waals surface area contributed by atoms with Gasteiger partial charge in [-0.05, 0) is 18.2 Å². The lowest BCUT2D eigenvalue weighted by molar-refractivity contribution is -0.184. The van der Waals surface area contributed by atoms with Crippen molar-refractivity contribution >= 4 is 21.8 Å². The highest BCUT2D eigenvalue weighted by atomic mass is 79.9. The van der Waals surface area contributed by atoms with Gasteiger partial charge in [0.25, 0.3) is 5.91 Å². The monoisotopic (exact) mass is 388 g/mol. The number of benzene rings is 1. The Morgan fingerprint density at radius 2 is 2.04 bits per heavy atom. The number of ether oxygens (including phenoxy) is 3. The van der Waals surface area contributed by atoms with Crippen LogP contribution in [-0.4, -0.2) is 32.1 Å². The second-order valence-corrected chi connectivity index (χ2v) is 6.85. The third-order valence-corrected chi connectivity index (χ3v) is 5.60. The van der Waals surface area contributed by atoms with E-state index in [0.29, 0.717) is 24.5 Å². The van der Waals surface area contributed by atoms with Crippen molar-refractivity contribution < 1.29 is 14.2 Å². The van der Waals surface area contributed by atoms with Gasteiger partial charge in [-0.15, -0.1) is 0 Å². The predicted molar refractivity (Wildman–Crippen MR) is 85.8 cm³/mol. The number of nitrogens with two attached hydrogens (primary N) is 1. The van der Waals surface area contributed by atoms with E-state index in [1.807, 2.05) is 12.1 Å². The number of nitrogens with zero attached hydrogens (tertiary/aromatic N) is 3. The van der Waals surface area contributed by atoms with Gasteiger partial charge in [0.1, 0.15) is 17.0 Å². The number of hydrogen-bond acceptors (Lipinski definition) is 7. The van der Waals surface area contributed by atoms with E-state index >= 15 is 0 Å². The summed E-state index contributed by atoms with van der Waals surface area (Å²) in [5.41, 5.74) is 4.18. The molecule has 0 amide bonds. The fourth-order valence-electron chi connectivity index (χ4n) is 4.12. The molecule has 1 saturated carbocycles. The molecule has 1 spiro atoms. The van der Waals surface area contributed by atoms with Gasteiger partial charge in [0, 0.05) is 16.0 Å². The number of fused-ring (bicyclic) bond motifs is 2. The summed E-state index contributed by atoms with van der Waals surface area (Å²) < 4.78 is 17.6. The van der Waals surface area contributed by atoms with Crippen molar-refractivity contribution in [3.63, 3.8) is 0 Å². The quantitative estimate of drug-likeness (QED) is 0.823. The molecular formula is C16H13BrN4O3. The van der Waals surface area contributed by atoms with Crippen molar-refractivity contribution in [2.45, 2.75) is 11.8 Å². The maximum atomic E-state index is 10.0. The second kappa shape index (κ2) is 4.70. The van der Waals surface area contributed by atoms with E-state index in [1.165, 1.54) is 0 Å². The first-order valence-electron chi connectivity index (χ1n) is 7.32. The fraction of sp³-hybridized carbons (Fsp3) is 0.438. The third-order valence-electron chi connectivity index (χ3n) is 5.11. The molecule has 1 aromatic rings. The van der Waals surface area contributed by atoms with Crippen LogP contribution in [0.3, 0.4) is 0 Å². The molecule has 1 aromatic carbocycles. The van der Waals surface area contributed by atoms with Gasteiger partial charge in [0.2, 0.25) is 0 Å². The van der Waals surface area contributed by atoms with Gasteiger partial charge < -0.3 is 19.9 Å². The minimum Gasteiger partial charge on any atom is -0.496 e. The van der Waals surface area contributed by atoms with E-state index in [2.05, 4.69) is 33.1 Å². The first kappa shape index (κ1) is 15.4. The zero-order valence-electron chi connectivity index (χ0n) is 12.7. The third kappa shape index (κ3) is 1.41. The van der Waals surface area contributed by atoms with Crippen LogP contribution in [0.15, 0.2) is 27.7 Å². The van der Waals surface area contributed by atoms with E-state index in [9.17, 15) is 10.5 Å². The molecule has 3 aliphatic rings. The zero-order valence-corrected chi connectivity index (χ0v) is 14.3. The van der Waals surface area contributed by atoms with Crippen LogP contribution < -0.4 is 10.5 Å². The number of halogens is 1. The summed E-state index contributed by atoms with van der Waals surface area (Å²) in [6.07, 6.45) is 0. The Morgan fingerprint density at radius 3 is 2.62 bits per heavy atom. The first-order chi connectivity index (χ1) is 11.5. The highest BCUT2D eigenvalue weighted by molar-refractivity contribution is 9.10. The summed E-state index contributed by atoms with van der Waals surface area (Å²) in [7, 11) is 1.54. The van der Waals surface area contributed by atoms with E-state index in [1.54, 1.807) is 13.2 Å². The number of methoxy groups -OCH3 is 1. The zero-order chi connectivity index (χ0) is 17.2. The highest BCUT2D eigenvalue weighted by Crippen LogP contribution is 2.83. The normalized spacial score (nSPS) is 35.0. The highest BCUT2D eigenvalue weighted by Gasteiger charge is 2.94. The molecule has 7 nitrogen and oxygen atoms in total. The molecule has 0 radical (unpaired) electrons. The number of rotatable bonds is 2. The molecule has 2 N–H and O–H groups in total. The number of hydrogen-bond donors (Lipinski definition) is 1. The van der Waals surface area contributed by atoms with Crippen molar-refractivity contribution in [1.29, 1.82) is 10.5 Å². The Bertz CT molecular complexity index is 852. The topological polar surface area (TPSA) is 114 Å². The summed E-state index contributed by atoms with van der Waals surface area (Å²) in [4.78, 5) is 4.24. The van der Waals surface area contributed by atoms with E-state index in [4.69, 9.17) is 19.9 Å². The van der Waals surface area contributed by atoms with Crippen LogP contribution in [0, 0.1) is 33.5 Å². The SMILES string of the molecule is COc1ccc(Br)cc1C1C2(C#N)C(N)=NC3(OCCO3)C12C#N. The summed E-state index contributed by atoms with van der Waals surface area (Å²) in [6.45, 7) is 0.591. The van der Waals surface area contributed by atoms with Crippen LogP contribution in [-0.2, 0) is 9.47 Å². The number of aliphatic imine (C=N–C) groups is 1. The van der Waals surface area contributed by atoms with Crippen molar-refractivity contribution in [2.75, 3.05) is 20.3 Å². The van der Waals surface area contributed by atoms with Gasteiger partial charge in [-0.2, -0.15) is 10.5 Å². The van der Waals surface area contributed by atoms with Crippen molar-refractivity contribution in [3.05, 3.63) is 28.2 Å². The minimum absolute atomic E-state index is 0.0699. The van der Waals surface area contributed by atoms with Gasteiger partial charge >= 0.3 is 0 Å². The predicted octanol–water partition coefficient (Wildman–Crippen LogP) is 1.65. The second-order valence-electron chi connectivity index (χ2n) is 5.93. The van der Waals surface area contributed by atoms with Crippen molar-refractivity contribution in [1.82, 2.24) is 0 Å². The summed E-state index contributed by atoms with van der Waals surface area (Å²) in [6, 6.07) is 9.90. The first-order valence-corrected chi connectivity index (χ1v) is 8.12. The molecule has 1 aliphatic carbocycles. The molecule has 2 fully saturated rings. The molecule has 0 aromatic heterocycles. The number of nitriles is 2. The minimum atomic E-state index is -1.53. The maximum Gasteiger partial charge on any atom is 0.293 e. The van der Waals surface area contributed by atoms with Crippen LogP contribution in [0.5, 0.6) is 5.75 Å². The molecule has 1 saturated heterocycles. The van der Waals surface area contributed by atoms with Gasteiger partial charge in [-0.25, -0.2) is 4.99 Å². The van der Waals surface area contributed by atoms with E-state index < -0.39 is 22.7 Å². The lowest BCUT2D eigenvalue weighted by Crippen LogP contribution is -2.38. The molecule has 4 rings (SSSR count). The van der Waals surface area contributed by atoms with Gasteiger partial charge in [-0.1, -0.05) is 15.9 Å². The summed E-state index contributed by atoms with van der Waals surface area (Å²) in [5.74, 6) is -1.44. The Labute approximate surface area is 146 Å². The number of amidine groups is 1. The molecule has 3 atom stereocenters. The van der Waals surface area contributed by atoms with E-state index in [0.717, 1.165) is 4.47 Å². The Hall–Kier alpha value is -2.13. The smallest absolute Gasteiger partial charge is 0.293 e. The van der Waals surface area contributed by atoms with Crippen LogP contribution in [0.2, 0.25) is 0 Å². The lowest BCUT2D eigenvalue weighted by atomic mass is 9.94. The van der Waals surface area contributed by atoms with Crippen LogP contribution in [0.4, 0.5) is 0 Å². The van der Waals surface area contributed by atoms with E-state index in [-0.39, 0.29) is 5.84 Å². The standard InChI is InChI=1S/C16H13BrN4O3/c1-22-11-3-2-9(17)6-10(11)12-14(7-18)13(20)21-16(15(12,14)8-19)23-4-5-24-16/h2-3,6,12H,4-5H2,1H3,(H2,20,21). The Morgan fingerprint density at radius 1 is 1.33 bits per heavy atom. The fourth-order valence-corrected chi connectivity index (χ4v) is 4.49. The molecule has 3 unspecified atom stereocenters. The maximum absolute atomic E-state index is 10.0. The molecule has 2 aliphatic heterocycles. The van der Waals surface area contributed by atoms with Gasteiger partial charge in [0.15, 0.2) is 5.41 Å².